The van der Waals surface area contributed by atoms with Crippen molar-refractivity contribution in [3.05, 3.63) is 47.5 Å². The maximum Gasteiger partial charge on any atom is 0.161 e. The first-order valence-corrected chi connectivity index (χ1v) is 16.0. The van der Waals surface area contributed by atoms with Gasteiger partial charge in [0.2, 0.25) is 0 Å². The highest BCUT2D eigenvalue weighted by Gasteiger charge is 2.09. The second kappa shape index (κ2) is 23.4. The van der Waals surface area contributed by atoms with Gasteiger partial charge in [-0.25, -0.2) is 0 Å². The number of hydrogen-bond acceptors (Lipinski definition) is 12. The average molecular weight is 649 g/mol. The number of ether oxygens (including phenoxy) is 12. The highest BCUT2D eigenvalue weighted by Crippen LogP contribution is 2.31. The first-order valence-electron chi connectivity index (χ1n) is 16.0. The van der Waals surface area contributed by atoms with E-state index in [0.717, 1.165) is 11.1 Å². The summed E-state index contributed by atoms with van der Waals surface area (Å²) in [7, 11) is 0. The quantitative estimate of drug-likeness (QED) is 0.445. The molecule has 0 amide bonds. The third-order valence-corrected chi connectivity index (χ3v) is 6.58. The zero-order chi connectivity index (χ0) is 31.7. The van der Waals surface area contributed by atoms with E-state index in [1.54, 1.807) is 0 Å². The molecule has 0 fully saturated rings. The first-order chi connectivity index (χ1) is 22.9. The lowest BCUT2D eigenvalue weighted by Crippen LogP contribution is -2.16. The molecule has 46 heavy (non-hydrogen) atoms. The third-order valence-electron chi connectivity index (χ3n) is 6.58. The molecule has 2 aliphatic heterocycles. The number of hydrogen-bond donors (Lipinski definition) is 0. The first kappa shape index (κ1) is 35.9. The summed E-state index contributed by atoms with van der Waals surface area (Å²) in [5, 5.41) is 0. The monoisotopic (exact) mass is 648 g/mol. The van der Waals surface area contributed by atoms with Crippen molar-refractivity contribution in [1.82, 2.24) is 0 Å². The molecule has 0 saturated heterocycles. The molecule has 2 aliphatic rings. The normalized spacial score (nSPS) is 20.1. The van der Waals surface area contributed by atoms with Crippen molar-refractivity contribution in [2.75, 3.05) is 132 Å². The van der Waals surface area contributed by atoms with Gasteiger partial charge in [-0.05, 0) is 35.4 Å². The van der Waals surface area contributed by atoms with Crippen molar-refractivity contribution in [2.45, 2.75) is 0 Å². The predicted molar refractivity (Wildman–Crippen MR) is 170 cm³/mol. The van der Waals surface area contributed by atoms with E-state index in [0.29, 0.717) is 155 Å². The Bertz CT molecular complexity index is 1030. The topological polar surface area (TPSA) is 111 Å². The predicted octanol–water partition coefficient (Wildman–Crippen LogP) is 3.53. The minimum Gasteiger partial charge on any atom is -0.487 e. The maximum absolute atomic E-state index is 6.05. The van der Waals surface area contributed by atoms with Gasteiger partial charge in [0.1, 0.15) is 26.4 Å². The van der Waals surface area contributed by atoms with Crippen LogP contribution in [0.15, 0.2) is 36.4 Å². The van der Waals surface area contributed by atoms with Crippen LogP contribution in [0.5, 0.6) is 23.0 Å². The highest BCUT2D eigenvalue weighted by atomic mass is 16.6. The van der Waals surface area contributed by atoms with E-state index in [1.807, 2.05) is 48.6 Å². The van der Waals surface area contributed by atoms with E-state index < -0.39 is 0 Å². The van der Waals surface area contributed by atoms with Gasteiger partial charge in [0.25, 0.3) is 0 Å². The Balaban J connectivity index is 1.38. The van der Waals surface area contributed by atoms with E-state index in [2.05, 4.69) is 0 Å². The molecule has 2 heterocycles. The molecular formula is C34H48O12. The van der Waals surface area contributed by atoms with E-state index >= 15 is 0 Å². The molecule has 2 aromatic rings. The van der Waals surface area contributed by atoms with Crippen LogP contribution in [0, 0.1) is 0 Å². The maximum atomic E-state index is 6.05. The van der Waals surface area contributed by atoms with Crippen LogP contribution in [0.2, 0.25) is 0 Å². The number of benzene rings is 2. The average Bonchev–Trinajstić information content (AvgIpc) is 3.07. The molecule has 4 rings (SSSR count). The van der Waals surface area contributed by atoms with Gasteiger partial charge in [0.05, 0.1) is 106 Å². The lowest BCUT2D eigenvalue weighted by atomic mass is 10.1. The highest BCUT2D eigenvalue weighted by molar-refractivity contribution is 5.72. The van der Waals surface area contributed by atoms with Gasteiger partial charge in [-0.2, -0.15) is 0 Å². The zero-order valence-corrected chi connectivity index (χ0v) is 26.7. The molecule has 0 spiro atoms. The Hall–Kier alpha value is -2.94. The van der Waals surface area contributed by atoms with Crippen molar-refractivity contribution in [3.63, 3.8) is 0 Å². The number of rotatable bonds is 2. The summed E-state index contributed by atoms with van der Waals surface area (Å²) in [6.45, 7) is 9.35. The van der Waals surface area contributed by atoms with Crippen LogP contribution in [0.1, 0.15) is 11.1 Å². The van der Waals surface area contributed by atoms with Gasteiger partial charge < -0.3 is 56.8 Å². The molecule has 2 aromatic carbocycles. The molecule has 0 aromatic heterocycles. The fourth-order valence-corrected chi connectivity index (χ4v) is 4.28. The van der Waals surface area contributed by atoms with Gasteiger partial charge in [-0.1, -0.05) is 24.3 Å². The van der Waals surface area contributed by atoms with Crippen LogP contribution in [0.25, 0.3) is 12.2 Å². The van der Waals surface area contributed by atoms with E-state index in [9.17, 15) is 0 Å². The van der Waals surface area contributed by atoms with Crippen molar-refractivity contribution < 1.29 is 56.8 Å². The lowest BCUT2D eigenvalue weighted by Gasteiger charge is -2.15. The summed E-state index contributed by atoms with van der Waals surface area (Å²) >= 11 is 0. The third kappa shape index (κ3) is 15.1. The Labute approximate surface area is 271 Å². The summed E-state index contributed by atoms with van der Waals surface area (Å²) in [5.74, 6) is 2.54. The van der Waals surface area contributed by atoms with Crippen LogP contribution in [-0.2, 0) is 37.9 Å². The van der Waals surface area contributed by atoms with Gasteiger partial charge >= 0.3 is 0 Å². The smallest absolute Gasteiger partial charge is 0.161 e. The lowest BCUT2D eigenvalue weighted by molar-refractivity contribution is -0.00841. The largest absolute Gasteiger partial charge is 0.487 e. The molecule has 12 nitrogen and oxygen atoms in total. The Kier molecular flexibility index (Phi) is 18.3. The standard InChI is InChI=1S/C34H48O12/c1(29-3-5-31-33(27-29)45-25-21-41-17-13-37-9-7-35-11-15-39-19-23-43-31)2-30-4-6-32-34(28-30)46-26-22-42-18-14-38-10-8-36-12-16-40-20-24-44-32/h1-6,27-28H,7-26H2/b2-1+. The Morgan fingerprint density at radius 1 is 0.283 bits per heavy atom. The molecule has 0 saturated carbocycles. The van der Waals surface area contributed by atoms with Crippen molar-refractivity contribution in [2.24, 2.45) is 0 Å². The summed E-state index contributed by atoms with van der Waals surface area (Å²) in [6, 6.07) is 11.7. The molecule has 0 atom stereocenters. The summed E-state index contributed by atoms with van der Waals surface area (Å²) in [6.07, 6.45) is 4.02. The minimum absolute atomic E-state index is 0.376. The fraction of sp³-hybridized carbons (Fsp3) is 0.588. The number of fused-ring (bicyclic) bond motifs is 2. The van der Waals surface area contributed by atoms with Gasteiger partial charge in [-0.15, -0.1) is 0 Å². The Morgan fingerprint density at radius 2 is 0.522 bits per heavy atom. The molecule has 12 heteroatoms. The van der Waals surface area contributed by atoms with E-state index in [1.165, 1.54) is 0 Å². The molecule has 0 bridgehead atoms. The molecule has 0 radical (unpaired) electrons. The van der Waals surface area contributed by atoms with Crippen LogP contribution in [0.4, 0.5) is 0 Å². The summed E-state index contributed by atoms with van der Waals surface area (Å²) in [4.78, 5) is 0. The van der Waals surface area contributed by atoms with Gasteiger partial charge in [-0.3, -0.25) is 0 Å². The molecule has 256 valence electrons. The van der Waals surface area contributed by atoms with Crippen molar-refractivity contribution in [3.8, 4) is 23.0 Å². The Morgan fingerprint density at radius 3 is 0.804 bits per heavy atom. The van der Waals surface area contributed by atoms with Crippen LogP contribution < -0.4 is 18.9 Å². The summed E-state index contributed by atoms with van der Waals surface area (Å²) in [5.41, 5.74) is 1.89. The van der Waals surface area contributed by atoms with Crippen molar-refractivity contribution >= 4 is 12.2 Å². The van der Waals surface area contributed by atoms with Crippen LogP contribution in [0.3, 0.4) is 0 Å². The fourth-order valence-electron chi connectivity index (χ4n) is 4.28. The minimum atomic E-state index is 0.376. The van der Waals surface area contributed by atoms with Crippen LogP contribution >= 0.6 is 0 Å². The second-order valence-electron chi connectivity index (χ2n) is 10.0. The zero-order valence-electron chi connectivity index (χ0n) is 26.7. The molecule has 0 unspecified atom stereocenters. The van der Waals surface area contributed by atoms with Gasteiger partial charge in [0.15, 0.2) is 23.0 Å². The molecule has 0 aliphatic carbocycles. The van der Waals surface area contributed by atoms with E-state index in [-0.39, 0.29) is 0 Å². The van der Waals surface area contributed by atoms with Crippen molar-refractivity contribution in [1.29, 1.82) is 0 Å². The molecular weight excluding hydrogens is 600 g/mol. The second-order valence-corrected chi connectivity index (χ2v) is 10.0. The molecule has 0 N–H and O–H groups in total. The van der Waals surface area contributed by atoms with Crippen LogP contribution in [-0.4, -0.2) is 132 Å². The SMILES string of the molecule is C(=C\c1ccc2c(c1)OCCOCCOCCOCCOCCO2)/c1ccc2c(c1)OCCOCCOCCOCCOCCO2. The van der Waals surface area contributed by atoms with Gasteiger partial charge in [0, 0.05) is 0 Å². The summed E-state index contributed by atoms with van der Waals surface area (Å²) < 4.78 is 68.5. The van der Waals surface area contributed by atoms with E-state index in [4.69, 9.17) is 56.8 Å².